The van der Waals surface area contributed by atoms with Crippen LogP contribution in [0.5, 0.6) is 0 Å². The van der Waals surface area contributed by atoms with Crippen LogP contribution < -0.4 is 5.32 Å². The highest BCUT2D eigenvalue weighted by Gasteiger charge is 2.48. The zero-order valence-electron chi connectivity index (χ0n) is 17.7. The first kappa shape index (κ1) is 20.1. The van der Waals surface area contributed by atoms with Crippen molar-refractivity contribution < 1.29 is 14.3 Å². The minimum Gasteiger partial charge on any atom is -0.381 e. The number of hydrogen-bond donors (Lipinski definition) is 1. The first-order valence-electron chi connectivity index (χ1n) is 11.4. The van der Waals surface area contributed by atoms with Crippen LogP contribution >= 0.6 is 0 Å². The van der Waals surface area contributed by atoms with Gasteiger partial charge in [0.05, 0.1) is 24.2 Å². The quantitative estimate of drug-likeness (QED) is 0.785. The van der Waals surface area contributed by atoms with Crippen LogP contribution in [-0.2, 0) is 14.3 Å². The van der Waals surface area contributed by atoms with E-state index in [-0.39, 0.29) is 42.1 Å². The molecule has 2 aliphatic carbocycles. The Balaban J connectivity index is 1.52. The van der Waals surface area contributed by atoms with Crippen LogP contribution in [-0.4, -0.2) is 71.6 Å². The van der Waals surface area contributed by atoms with E-state index in [0.29, 0.717) is 18.5 Å². The normalized spacial score (nSPS) is 41.2. The summed E-state index contributed by atoms with van der Waals surface area (Å²) in [4.78, 5) is 30.1. The molecule has 2 saturated carbocycles. The third kappa shape index (κ3) is 3.58. The molecule has 158 valence electrons. The second kappa shape index (κ2) is 8.31. The molecule has 28 heavy (non-hydrogen) atoms. The van der Waals surface area contributed by atoms with Gasteiger partial charge in [-0.2, -0.15) is 0 Å². The van der Waals surface area contributed by atoms with Gasteiger partial charge in [-0.05, 0) is 39.0 Å². The number of piperazine rings is 1. The second-order valence-electron chi connectivity index (χ2n) is 9.47. The second-order valence-corrected chi connectivity index (χ2v) is 9.47. The van der Waals surface area contributed by atoms with E-state index < -0.39 is 0 Å². The summed E-state index contributed by atoms with van der Waals surface area (Å²) < 4.78 is 5.84. The number of nitrogens with zero attached hydrogens (tertiary/aromatic N) is 2. The minimum atomic E-state index is -0.150. The summed E-state index contributed by atoms with van der Waals surface area (Å²) in [7, 11) is 1.80. The molecule has 0 bridgehead atoms. The Morgan fingerprint density at radius 1 is 1.00 bits per heavy atom. The average molecular weight is 392 g/mol. The van der Waals surface area contributed by atoms with E-state index >= 15 is 0 Å². The van der Waals surface area contributed by atoms with Crippen LogP contribution in [0.15, 0.2) is 0 Å². The third-order valence-corrected chi connectivity index (χ3v) is 7.82. The molecule has 0 radical (unpaired) electrons. The smallest absolute Gasteiger partial charge is 0.240 e. The Labute approximate surface area is 169 Å². The number of methoxy groups -OCH3 is 1. The van der Waals surface area contributed by atoms with Crippen LogP contribution in [0.25, 0.3) is 0 Å². The van der Waals surface area contributed by atoms with Gasteiger partial charge in [-0.25, -0.2) is 0 Å². The summed E-state index contributed by atoms with van der Waals surface area (Å²) in [5.41, 5.74) is 0. The molecule has 2 saturated heterocycles. The molecule has 0 spiro atoms. The van der Waals surface area contributed by atoms with E-state index in [2.05, 4.69) is 22.0 Å². The molecule has 6 nitrogen and oxygen atoms in total. The molecular formula is C22H37N3O3. The Bertz CT molecular complexity index is 590. The van der Waals surface area contributed by atoms with E-state index in [0.717, 1.165) is 38.5 Å². The van der Waals surface area contributed by atoms with Gasteiger partial charge in [-0.15, -0.1) is 0 Å². The van der Waals surface area contributed by atoms with Crippen molar-refractivity contribution in [3.63, 3.8) is 0 Å². The van der Waals surface area contributed by atoms with Crippen LogP contribution in [0, 0.1) is 5.92 Å². The lowest BCUT2D eigenvalue weighted by molar-refractivity contribution is -0.156. The first-order chi connectivity index (χ1) is 13.5. The summed E-state index contributed by atoms with van der Waals surface area (Å²) in [6.07, 6.45) is 10.1. The summed E-state index contributed by atoms with van der Waals surface area (Å²) in [6, 6.07) is 0.698. The highest BCUT2D eigenvalue weighted by molar-refractivity contribution is 5.83. The van der Waals surface area contributed by atoms with E-state index in [9.17, 15) is 9.59 Å². The highest BCUT2D eigenvalue weighted by atomic mass is 16.5. The largest absolute Gasteiger partial charge is 0.381 e. The lowest BCUT2D eigenvalue weighted by Gasteiger charge is -2.54. The van der Waals surface area contributed by atoms with Crippen molar-refractivity contribution in [2.24, 2.45) is 5.92 Å². The van der Waals surface area contributed by atoms with Gasteiger partial charge in [-0.3, -0.25) is 9.59 Å². The summed E-state index contributed by atoms with van der Waals surface area (Å²) in [5.74, 6) is 0.925. The fourth-order valence-electron chi connectivity index (χ4n) is 6.60. The van der Waals surface area contributed by atoms with Crippen LogP contribution in [0.1, 0.15) is 71.6 Å². The van der Waals surface area contributed by atoms with Crippen molar-refractivity contribution in [1.82, 2.24) is 15.1 Å². The fraction of sp³-hybridized carbons (Fsp3) is 0.909. The van der Waals surface area contributed by atoms with Crippen molar-refractivity contribution in [1.29, 1.82) is 0 Å². The van der Waals surface area contributed by atoms with E-state index in [4.69, 9.17) is 4.74 Å². The van der Waals surface area contributed by atoms with Gasteiger partial charge in [0.2, 0.25) is 11.8 Å². The van der Waals surface area contributed by atoms with Crippen molar-refractivity contribution in [3.05, 3.63) is 0 Å². The molecule has 0 aromatic rings. The molecule has 2 aliphatic heterocycles. The Morgan fingerprint density at radius 2 is 1.68 bits per heavy atom. The van der Waals surface area contributed by atoms with Crippen LogP contribution in [0.2, 0.25) is 0 Å². The van der Waals surface area contributed by atoms with Crippen molar-refractivity contribution in [3.8, 4) is 0 Å². The molecule has 6 heteroatoms. The molecule has 2 amide bonds. The zero-order valence-corrected chi connectivity index (χ0v) is 17.7. The molecule has 2 heterocycles. The molecular weight excluding hydrogens is 354 g/mol. The maximum absolute atomic E-state index is 13.7. The van der Waals surface area contributed by atoms with Crippen molar-refractivity contribution in [2.45, 2.75) is 108 Å². The SMILES string of the molecule is COC1CC(C(=O)N2C[C@H](C)N(C(C)=O)C3CCCCC32)NC2CCCCC21. The number of amides is 2. The Morgan fingerprint density at radius 3 is 2.39 bits per heavy atom. The van der Waals surface area contributed by atoms with E-state index in [1.165, 1.54) is 19.3 Å². The topological polar surface area (TPSA) is 61.9 Å². The molecule has 1 N–H and O–H groups in total. The number of carbonyl (C=O) groups is 2. The van der Waals surface area contributed by atoms with E-state index in [1.54, 1.807) is 14.0 Å². The van der Waals surface area contributed by atoms with Gasteiger partial charge in [-0.1, -0.05) is 25.7 Å². The lowest BCUT2D eigenvalue weighted by Crippen LogP contribution is -2.69. The number of ether oxygens (including phenoxy) is 1. The van der Waals surface area contributed by atoms with Gasteiger partial charge >= 0.3 is 0 Å². The lowest BCUT2D eigenvalue weighted by atomic mass is 9.75. The molecule has 0 aromatic carbocycles. The van der Waals surface area contributed by atoms with Crippen molar-refractivity contribution >= 4 is 11.8 Å². The molecule has 4 rings (SSSR count). The van der Waals surface area contributed by atoms with Gasteiger partial charge in [0.1, 0.15) is 0 Å². The number of carbonyl (C=O) groups excluding carboxylic acids is 2. The first-order valence-corrected chi connectivity index (χ1v) is 11.4. The Kier molecular flexibility index (Phi) is 5.98. The number of rotatable bonds is 2. The molecule has 4 aliphatic rings. The maximum Gasteiger partial charge on any atom is 0.240 e. The van der Waals surface area contributed by atoms with Gasteiger partial charge in [0.15, 0.2) is 0 Å². The summed E-state index contributed by atoms with van der Waals surface area (Å²) in [5, 5.41) is 3.71. The summed E-state index contributed by atoms with van der Waals surface area (Å²) in [6.45, 7) is 4.42. The van der Waals surface area contributed by atoms with E-state index in [1.807, 2.05) is 0 Å². The average Bonchev–Trinajstić information content (AvgIpc) is 2.71. The number of piperidine rings is 1. The van der Waals surface area contributed by atoms with Gasteiger partial charge in [0, 0.05) is 38.6 Å². The minimum absolute atomic E-state index is 0.0880. The highest BCUT2D eigenvalue weighted by Crippen LogP contribution is 2.37. The maximum atomic E-state index is 13.7. The van der Waals surface area contributed by atoms with Gasteiger partial charge in [0.25, 0.3) is 0 Å². The summed E-state index contributed by atoms with van der Waals surface area (Å²) >= 11 is 0. The zero-order chi connectivity index (χ0) is 19.8. The van der Waals surface area contributed by atoms with Crippen LogP contribution in [0.3, 0.4) is 0 Å². The van der Waals surface area contributed by atoms with Crippen LogP contribution in [0.4, 0.5) is 0 Å². The predicted molar refractivity (Wildman–Crippen MR) is 108 cm³/mol. The number of fused-ring (bicyclic) bond motifs is 2. The molecule has 4 fully saturated rings. The molecule has 6 unspecified atom stereocenters. The fourth-order valence-corrected chi connectivity index (χ4v) is 6.60. The number of hydrogen-bond acceptors (Lipinski definition) is 4. The predicted octanol–water partition coefficient (Wildman–Crippen LogP) is 2.31. The number of nitrogens with one attached hydrogen (secondary N) is 1. The molecule has 7 atom stereocenters. The monoisotopic (exact) mass is 391 g/mol. The Hall–Kier alpha value is -1.14. The van der Waals surface area contributed by atoms with Crippen molar-refractivity contribution in [2.75, 3.05) is 13.7 Å². The van der Waals surface area contributed by atoms with Gasteiger partial charge < -0.3 is 19.9 Å². The molecule has 0 aromatic heterocycles. The third-order valence-electron chi connectivity index (χ3n) is 7.82. The standard InChI is InChI=1S/C22H37N3O3/c1-14-13-24(19-10-6-7-11-20(19)25(14)15(2)26)22(27)18-12-21(28-3)16-8-4-5-9-17(16)23-18/h14,16-21,23H,4-13H2,1-3H3/t14-,16?,17?,18?,19?,20?,21?/m0/s1.